The first-order valence-electron chi connectivity index (χ1n) is 9.55. The third-order valence-corrected chi connectivity index (χ3v) is 5.38. The molecule has 2 fully saturated rings. The molecule has 1 aromatic carbocycles. The van der Waals surface area contributed by atoms with Gasteiger partial charge in [-0.15, -0.1) is 0 Å². The number of amides is 1. The van der Waals surface area contributed by atoms with Crippen LogP contribution >= 0.6 is 0 Å². The van der Waals surface area contributed by atoms with Gasteiger partial charge in [0.1, 0.15) is 36.5 Å². The van der Waals surface area contributed by atoms with Crippen LogP contribution in [-0.4, -0.2) is 61.1 Å². The van der Waals surface area contributed by atoms with Gasteiger partial charge in [-0.2, -0.15) is 0 Å². The van der Waals surface area contributed by atoms with Crippen LogP contribution in [0.25, 0.3) is 5.76 Å². The van der Waals surface area contributed by atoms with Crippen molar-refractivity contribution in [1.82, 2.24) is 4.90 Å². The fourth-order valence-corrected chi connectivity index (χ4v) is 3.81. The Bertz CT molecular complexity index is 917. The average Bonchev–Trinajstić information content (AvgIpc) is 3.35. The summed E-state index contributed by atoms with van der Waals surface area (Å²) >= 11 is 0. The van der Waals surface area contributed by atoms with Crippen LogP contribution in [0.1, 0.15) is 17.4 Å². The second kappa shape index (κ2) is 8.18. The maximum absolute atomic E-state index is 13.3. The van der Waals surface area contributed by atoms with E-state index in [0.717, 1.165) is 13.1 Å². The fraction of sp³-hybridized carbons (Fsp3) is 0.333. The van der Waals surface area contributed by atoms with Gasteiger partial charge >= 0.3 is 0 Å². The van der Waals surface area contributed by atoms with Crippen LogP contribution in [-0.2, 0) is 14.3 Å². The van der Waals surface area contributed by atoms with Gasteiger partial charge in [-0.1, -0.05) is 0 Å². The fourth-order valence-electron chi connectivity index (χ4n) is 3.81. The van der Waals surface area contributed by atoms with Crippen molar-refractivity contribution >= 4 is 17.4 Å². The third-order valence-electron chi connectivity index (χ3n) is 5.38. The number of nitrogens with zero attached hydrogens (tertiary/aromatic N) is 1. The van der Waals surface area contributed by atoms with Crippen LogP contribution in [0.5, 0.6) is 0 Å². The van der Waals surface area contributed by atoms with Gasteiger partial charge in [0.2, 0.25) is 0 Å². The molecule has 2 aromatic rings. The predicted octanol–water partition coefficient (Wildman–Crippen LogP) is 0.756. The Labute approximate surface area is 167 Å². The van der Waals surface area contributed by atoms with Crippen LogP contribution in [0.15, 0.2) is 52.7 Å². The van der Waals surface area contributed by atoms with E-state index in [1.165, 1.54) is 40.3 Å². The predicted molar refractivity (Wildman–Crippen MR) is 101 cm³/mol. The van der Waals surface area contributed by atoms with E-state index in [-0.39, 0.29) is 16.9 Å². The van der Waals surface area contributed by atoms with Gasteiger partial charge in [-0.25, -0.2) is 4.39 Å². The number of morpholine rings is 1. The summed E-state index contributed by atoms with van der Waals surface area (Å²) in [6.07, 6.45) is 1.46. The molecule has 0 bridgehead atoms. The highest BCUT2D eigenvalue weighted by atomic mass is 19.1. The van der Waals surface area contributed by atoms with Gasteiger partial charge in [-0.3, -0.25) is 9.59 Å². The number of Topliss-reactive ketones (excluding diaryl/α,β-unsaturated/α-hetero) is 1. The van der Waals surface area contributed by atoms with Crippen molar-refractivity contribution in [3.8, 4) is 0 Å². The Morgan fingerprint density at radius 1 is 1.17 bits per heavy atom. The van der Waals surface area contributed by atoms with E-state index in [4.69, 9.17) is 9.15 Å². The lowest BCUT2D eigenvalue weighted by Gasteiger charge is -2.28. The lowest BCUT2D eigenvalue weighted by molar-refractivity contribution is -0.907. The van der Waals surface area contributed by atoms with Crippen molar-refractivity contribution in [2.24, 2.45) is 0 Å². The minimum atomic E-state index is -0.824. The summed E-state index contributed by atoms with van der Waals surface area (Å²) in [7, 11) is 0. The Balaban J connectivity index is 1.68. The van der Waals surface area contributed by atoms with Gasteiger partial charge in [0.05, 0.1) is 38.1 Å². The average molecular weight is 401 g/mol. The molecule has 1 amide bonds. The maximum Gasteiger partial charge on any atom is 0.295 e. The topological polar surface area (TPSA) is 84.4 Å². The molecule has 0 radical (unpaired) electrons. The van der Waals surface area contributed by atoms with Gasteiger partial charge in [-0.05, 0) is 36.4 Å². The number of rotatable bonds is 5. The molecule has 0 unspecified atom stereocenters. The number of aliphatic hydroxyl groups is 1. The molecule has 2 aliphatic heterocycles. The van der Waals surface area contributed by atoms with E-state index in [1.54, 1.807) is 12.1 Å². The number of ketones is 1. The van der Waals surface area contributed by atoms with E-state index in [9.17, 15) is 19.1 Å². The molecule has 2 N–H and O–H groups in total. The Morgan fingerprint density at radius 3 is 2.55 bits per heavy atom. The summed E-state index contributed by atoms with van der Waals surface area (Å²) in [6, 6.07) is 7.63. The van der Waals surface area contributed by atoms with Crippen molar-refractivity contribution in [2.75, 3.05) is 39.4 Å². The number of nitrogens with one attached hydrogen (secondary N) is 1. The molecule has 0 saturated carbocycles. The first kappa shape index (κ1) is 19.4. The molecule has 29 heavy (non-hydrogen) atoms. The number of quaternary nitrogens is 1. The number of aliphatic hydroxyl groups excluding tert-OH is 1. The van der Waals surface area contributed by atoms with Crippen LogP contribution in [0, 0.1) is 5.82 Å². The first-order chi connectivity index (χ1) is 14.1. The summed E-state index contributed by atoms with van der Waals surface area (Å²) < 4.78 is 24.1. The highest BCUT2D eigenvalue weighted by Gasteiger charge is 2.47. The van der Waals surface area contributed by atoms with E-state index in [1.807, 2.05) is 0 Å². The quantitative estimate of drug-likeness (QED) is 0.439. The standard InChI is InChI=1S/C21H21FN2O5/c22-15-5-3-14(4-6-15)19(25)17-18(16-2-1-11-29-16)24(21(27)20(17)26)8-7-23-9-12-28-13-10-23/h1-6,11,18,25H,7-10,12-13H2/p+1/t18-/m0/s1. The molecular weight excluding hydrogens is 379 g/mol. The number of carbonyl (C=O) groups is 2. The van der Waals surface area contributed by atoms with E-state index in [0.29, 0.717) is 32.1 Å². The second-order valence-corrected chi connectivity index (χ2v) is 7.13. The number of likely N-dealkylation sites (tertiary alicyclic amines) is 1. The summed E-state index contributed by atoms with van der Waals surface area (Å²) in [6.45, 7) is 4.01. The molecule has 7 nitrogen and oxygen atoms in total. The SMILES string of the molecule is O=C1C(=O)N(CC[NH+]2CCOCC2)[C@@H](c2ccco2)C1=C(O)c1ccc(F)cc1. The van der Waals surface area contributed by atoms with Gasteiger partial charge in [0.25, 0.3) is 11.7 Å². The molecule has 8 heteroatoms. The lowest BCUT2D eigenvalue weighted by atomic mass is 9.99. The summed E-state index contributed by atoms with van der Waals surface area (Å²) in [5.41, 5.74) is 0.216. The molecule has 2 aliphatic rings. The van der Waals surface area contributed by atoms with Crippen LogP contribution in [0.3, 0.4) is 0 Å². The second-order valence-electron chi connectivity index (χ2n) is 7.13. The summed E-state index contributed by atoms with van der Waals surface area (Å²) in [5, 5.41) is 10.8. The number of hydrogen-bond acceptors (Lipinski definition) is 5. The highest BCUT2D eigenvalue weighted by molar-refractivity contribution is 6.46. The number of halogens is 1. The molecule has 0 spiro atoms. The van der Waals surface area contributed by atoms with Crippen LogP contribution < -0.4 is 4.90 Å². The number of carbonyl (C=O) groups excluding carboxylic acids is 2. The minimum Gasteiger partial charge on any atom is -0.507 e. The largest absolute Gasteiger partial charge is 0.507 e. The van der Waals surface area contributed by atoms with Crippen molar-refractivity contribution in [3.05, 3.63) is 65.4 Å². The maximum atomic E-state index is 13.3. The molecule has 3 heterocycles. The summed E-state index contributed by atoms with van der Waals surface area (Å²) in [5.74, 6) is -1.86. The molecule has 152 valence electrons. The van der Waals surface area contributed by atoms with E-state index in [2.05, 4.69) is 0 Å². The normalized spacial score (nSPS) is 22.4. The van der Waals surface area contributed by atoms with E-state index < -0.39 is 23.5 Å². The molecular formula is C21H22FN2O5+. The smallest absolute Gasteiger partial charge is 0.295 e. The molecule has 1 aromatic heterocycles. The Kier molecular flexibility index (Phi) is 5.46. The summed E-state index contributed by atoms with van der Waals surface area (Å²) in [4.78, 5) is 28.3. The first-order valence-corrected chi connectivity index (χ1v) is 9.55. The van der Waals surface area contributed by atoms with Crippen molar-refractivity contribution in [3.63, 3.8) is 0 Å². The number of ether oxygens (including phenoxy) is 1. The molecule has 0 aliphatic carbocycles. The molecule has 1 atom stereocenters. The highest BCUT2D eigenvalue weighted by Crippen LogP contribution is 2.39. The van der Waals surface area contributed by atoms with E-state index >= 15 is 0 Å². The third kappa shape index (κ3) is 3.81. The van der Waals surface area contributed by atoms with Crippen molar-refractivity contribution < 1.29 is 33.1 Å². The number of furan rings is 1. The Hall–Kier alpha value is -2.97. The Morgan fingerprint density at radius 2 is 1.90 bits per heavy atom. The molecule has 2 saturated heterocycles. The number of hydrogen-bond donors (Lipinski definition) is 2. The van der Waals surface area contributed by atoms with Gasteiger partial charge < -0.3 is 24.1 Å². The van der Waals surface area contributed by atoms with Crippen LogP contribution in [0.2, 0.25) is 0 Å². The number of benzene rings is 1. The zero-order valence-corrected chi connectivity index (χ0v) is 15.8. The van der Waals surface area contributed by atoms with Gasteiger partial charge in [0, 0.05) is 5.56 Å². The van der Waals surface area contributed by atoms with Gasteiger partial charge in [0.15, 0.2) is 0 Å². The minimum absolute atomic E-state index is 0.0477. The van der Waals surface area contributed by atoms with Crippen molar-refractivity contribution in [2.45, 2.75) is 6.04 Å². The zero-order chi connectivity index (χ0) is 20.4. The molecule has 4 rings (SSSR count). The van der Waals surface area contributed by atoms with Crippen LogP contribution in [0.4, 0.5) is 4.39 Å². The lowest BCUT2D eigenvalue weighted by Crippen LogP contribution is -3.14. The zero-order valence-electron chi connectivity index (χ0n) is 15.8. The van der Waals surface area contributed by atoms with Crippen molar-refractivity contribution in [1.29, 1.82) is 0 Å². The monoisotopic (exact) mass is 401 g/mol.